The van der Waals surface area contributed by atoms with E-state index in [9.17, 15) is 9.90 Å². The number of ether oxygens (including phenoxy) is 1. The van der Waals surface area contributed by atoms with Crippen LogP contribution in [0, 0.1) is 5.92 Å². The minimum Gasteiger partial charge on any atom is -0.490 e. The van der Waals surface area contributed by atoms with Gasteiger partial charge in [-0.1, -0.05) is 26.5 Å². The van der Waals surface area contributed by atoms with E-state index in [-0.39, 0.29) is 17.9 Å². The average Bonchev–Trinajstić information content (AvgIpc) is 2.45. The summed E-state index contributed by atoms with van der Waals surface area (Å²) in [5.74, 6) is 0.765. The maximum atomic E-state index is 11.9. The molecule has 0 bridgehead atoms. The number of rotatable bonds is 8. The summed E-state index contributed by atoms with van der Waals surface area (Å²) < 4.78 is 5.35. The molecule has 0 aromatic heterocycles. The van der Waals surface area contributed by atoms with Gasteiger partial charge in [-0.25, -0.2) is 0 Å². The number of aliphatic hydroxyl groups is 1. The Hall–Kier alpha value is -1.81. The van der Waals surface area contributed by atoms with Crippen molar-refractivity contribution < 1.29 is 14.6 Å². The van der Waals surface area contributed by atoms with Crippen LogP contribution < -0.4 is 10.1 Å². The van der Waals surface area contributed by atoms with Crippen molar-refractivity contribution in [2.45, 2.75) is 26.4 Å². The molecule has 1 unspecified atom stereocenters. The number of carbonyl (C=O) groups is 1. The number of amides is 1. The lowest BCUT2D eigenvalue weighted by Gasteiger charge is -2.14. The van der Waals surface area contributed by atoms with E-state index < -0.39 is 0 Å². The minimum absolute atomic E-state index is 0.142. The second kappa shape index (κ2) is 8.38. The third-order valence-electron chi connectivity index (χ3n) is 2.98. The largest absolute Gasteiger partial charge is 0.490 e. The zero-order chi connectivity index (χ0) is 15.0. The summed E-state index contributed by atoms with van der Waals surface area (Å²) >= 11 is 0. The molecule has 20 heavy (non-hydrogen) atoms. The molecule has 0 saturated carbocycles. The van der Waals surface area contributed by atoms with Gasteiger partial charge in [-0.05, 0) is 36.6 Å². The summed E-state index contributed by atoms with van der Waals surface area (Å²) in [6.45, 7) is 8.39. The molecule has 0 spiro atoms. The minimum atomic E-state index is -0.384. The molecule has 0 saturated heterocycles. The molecule has 110 valence electrons. The summed E-state index contributed by atoms with van der Waals surface area (Å²) in [5, 5.41) is 12.4. The lowest BCUT2D eigenvalue weighted by atomic mass is 10.0. The van der Waals surface area contributed by atoms with Gasteiger partial charge in [0.2, 0.25) is 0 Å². The standard InChI is InChI=1S/C16H23NO3/c1-4-11-20-14-7-5-13(6-8-14)16(19)17-10-9-15(18)12(2)3/h4-8,12,15,18H,1,9-11H2,2-3H3,(H,17,19). The molecular formula is C16H23NO3. The zero-order valence-corrected chi connectivity index (χ0v) is 12.1. The molecule has 0 aliphatic heterocycles. The Balaban J connectivity index is 2.41. The van der Waals surface area contributed by atoms with E-state index in [0.717, 1.165) is 0 Å². The van der Waals surface area contributed by atoms with Crippen LogP contribution in [-0.2, 0) is 0 Å². The molecule has 1 aromatic rings. The first-order valence-corrected chi connectivity index (χ1v) is 6.84. The second-order valence-electron chi connectivity index (χ2n) is 4.98. The van der Waals surface area contributed by atoms with Crippen LogP contribution >= 0.6 is 0 Å². The number of benzene rings is 1. The maximum Gasteiger partial charge on any atom is 0.251 e. The highest BCUT2D eigenvalue weighted by atomic mass is 16.5. The lowest BCUT2D eigenvalue weighted by molar-refractivity contribution is 0.0920. The van der Waals surface area contributed by atoms with Gasteiger partial charge < -0.3 is 15.2 Å². The Kier molecular flexibility index (Phi) is 6.81. The van der Waals surface area contributed by atoms with Gasteiger partial charge in [0.1, 0.15) is 12.4 Å². The van der Waals surface area contributed by atoms with Crippen molar-refractivity contribution in [2.24, 2.45) is 5.92 Å². The molecule has 2 N–H and O–H groups in total. The van der Waals surface area contributed by atoms with Crippen LogP contribution in [0.1, 0.15) is 30.6 Å². The topological polar surface area (TPSA) is 58.6 Å². The smallest absolute Gasteiger partial charge is 0.251 e. The highest BCUT2D eigenvalue weighted by molar-refractivity contribution is 5.94. The Labute approximate surface area is 120 Å². The van der Waals surface area contributed by atoms with Crippen LogP contribution in [-0.4, -0.2) is 30.3 Å². The molecule has 1 amide bonds. The fourth-order valence-corrected chi connectivity index (χ4v) is 1.63. The number of hydrogen-bond acceptors (Lipinski definition) is 3. The van der Waals surface area contributed by atoms with E-state index in [0.29, 0.717) is 30.9 Å². The first-order chi connectivity index (χ1) is 9.54. The van der Waals surface area contributed by atoms with Crippen LogP contribution in [0.5, 0.6) is 5.75 Å². The van der Waals surface area contributed by atoms with Gasteiger partial charge in [0.15, 0.2) is 0 Å². The molecule has 1 rings (SSSR count). The van der Waals surface area contributed by atoms with Crippen molar-refractivity contribution in [3.8, 4) is 5.75 Å². The summed E-state index contributed by atoms with van der Waals surface area (Å²) in [6, 6.07) is 6.93. The van der Waals surface area contributed by atoms with Crippen molar-refractivity contribution in [3.05, 3.63) is 42.5 Å². The van der Waals surface area contributed by atoms with Gasteiger partial charge >= 0.3 is 0 Å². The van der Waals surface area contributed by atoms with E-state index in [1.54, 1.807) is 30.3 Å². The molecule has 1 atom stereocenters. The van der Waals surface area contributed by atoms with Gasteiger partial charge in [0, 0.05) is 12.1 Å². The van der Waals surface area contributed by atoms with E-state index in [4.69, 9.17) is 4.74 Å². The summed E-state index contributed by atoms with van der Waals surface area (Å²) in [6.07, 6.45) is 1.84. The van der Waals surface area contributed by atoms with Gasteiger partial charge in [-0.15, -0.1) is 0 Å². The fourth-order valence-electron chi connectivity index (χ4n) is 1.63. The van der Waals surface area contributed by atoms with Gasteiger partial charge in [-0.2, -0.15) is 0 Å². The predicted octanol–water partition coefficient (Wildman–Crippen LogP) is 2.39. The van der Waals surface area contributed by atoms with E-state index >= 15 is 0 Å². The Morgan fingerprint density at radius 2 is 2.05 bits per heavy atom. The van der Waals surface area contributed by atoms with Crippen molar-refractivity contribution in [3.63, 3.8) is 0 Å². The molecule has 0 heterocycles. The average molecular weight is 277 g/mol. The fraction of sp³-hybridized carbons (Fsp3) is 0.438. The third kappa shape index (κ3) is 5.45. The summed E-state index contributed by atoms with van der Waals surface area (Å²) in [4.78, 5) is 11.9. The molecule has 0 radical (unpaired) electrons. The monoisotopic (exact) mass is 277 g/mol. The normalized spacial score (nSPS) is 12.0. The SMILES string of the molecule is C=CCOc1ccc(C(=O)NCCC(O)C(C)C)cc1. The molecule has 0 aliphatic carbocycles. The molecule has 0 aliphatic rings. The Morgan fingerprint density at radius 3 is 2.60 bits per heavy atom. The quantitative estimate of drug-likeness (QED) is 0.717. The highest BCUT2D eigenvalue weighted by Crippen LogP contribution is 2.12. The maximum absolute atomic E-state index is 11.9. The predicted molar refractivity (Wildman–Crippen MR) is 79.9 cm³/mol. The van der Waals surface area contributed by atoms with Gasteiger partial charge in [0.05, 0.1) is 6.10 Å². The van der Waals surface area contributed by atoms with Gasteiger partial charge in [0.25, 0.3) is 5.91 Å². The van der Waals surface area contributed by atoms with Crippen molar-refractivity contribution >= 4 is 5.91 Å². The number of carbonyl (C=O) groups excluding carboxylic acids is 1. The Bertz CT molecular complexity index is 426. The van der Waals surface area contributed by atoms with Crippen LogP contribution in [0.3, 0.4) is 0 Å². The van der Waals surface area contributed by atoms with Crippen molar-refractivity contribution in [2.75, 3.05) is 13.2 Å². The zero-order valence-electron chi connectivity index (χ0n) is 12.1. The third-order valence-corrected chi connectivity index (χ3v) is 2.98. The summed E-state index contributed by atoms with van der Waals surface area (Å²) in [5.41, 5.74) is 0.579. The molecule has 0 fully saturated rings. The molecule has 4 nitrogen and oxygen atoms in total. The molecule has 4 heteroatoms. The number of nitrogens with one attached hydrogen (secondary N) is 1. The van der Waals surface area contributed by atoms with E-state index in [2.05, 4.69) is 11.9 Å². The second-order valence-corrected chi connectivity index (χ2v) is 4.98. The van der Waals surface area contributed by atoms with Crippen molar-refractivity contribution in [1.82, 2.24) is 5.32 Å². The van der Waals surface area contributed by atoms with Crippen LogP contribution in [0.25, 0.3) is 0 Å². The Morgan fingerprint density at radius 1 is 1.40 bits per heavy atom. The van der Waals surface area contributed by atoms with Crippen LogP contribution in [0.15, 0.2) is 36.9 Å². The van der Waals surface area contributed by atoms with Gasteiger partial charge in [-0.3, -0.25) is 4.79 Å². The van der Waals surface area contributed by atoms with Crippen molar-refractivity contribution in [1.29, 1.82) is 0 Å². The number of hydrogen-bond donors (Lipinski definition) is 2. The highest BCUT2D eigenvalue weighted by Gasteiger charge is 2.10. The van der Waals surface area contributed by atoms with Crippen LogP contribution in [0.4, 0.5) is 0 Å². The van der Waals surface area contributed by atoms with Crippen LogP contribution in [0.2, 0.25) is 0 Å². The first kappa shape index (κ1) is 16.2. The number of aliphatic hydroxyl groups excluding tert-OH is 1. The van der Waals surface area contributed by atoms with E-state index in [1.807, 2.05) is 13.8 Å². The van der Waals surface area contributed by atoms with E-state index in [1.165, 1.54) is 0 Å². The summed E-state index contributed by atoms with van der Waals surface area (Å²) in [7, 11) is 0. The lowest BCUT2D eigenvalue weighted by Crippen LogP contribution is -2.28. The molecule has 1 aromatic carbocycles. The first-order valence-electron chi connectivity index (χ1n) is 6.84. The molecular weight excluding hydrogens is 254 g/mol.